The Morgan fingerprint density at radius 3 is 2.50 bits per heavy atom. The van der Waals surface area contributed by atoms with Gasteiger partial charge in [-0.25, -0.2) is 4.79 Å². The van der Waals surface area contributed by atoms with E-state index < -0.39 is 0 Å². The highest BCUT2D eigenvalue weighted by molar-refractivity contribution is 5.74. The van der Waals surface area contributed by atoms with Crippen LogP contribution in [-0.2, 0) is 0 Å². The lowest BCUT2D eigenvalue weighted by atomic mass is 10.4. The summed E-state index contributed by atoms with van der Waals surface area (Å²) in [5, 5.41) is 2.81. The molecule has 0 heterocycles. The van der Waals surface area contributed by atoms with E-state index in [4.69, 9.17) is 5.73 Å². The molecule has 12 heavy (non-hydrogen) atoms. The Morgan fingerprint density at radius 1 is 1.58 bits per heavy atom. The second-order valence-corrected chi connectivity index (χ2v) is 2.97. The fourth-order valence-corrected chi connectivity index (χ4v) is 0.897. The molecule has 0 radical (unpaired) electrons. The predicted molar refractivity (Wildman–Crippen MR) is 50.0 cm³/mol. The van der Waals surface area contributed by atoms with Gasteiger partial charge in [-0.15, -0.1) is 0 Å². The topological polar surface area (TPSA) is 58.4 Å². The van der Waals surface area contributed by atoms with E-state index in [0.717, 1.165) is 0 Å². The van der Waals surface area contributed by atoms with Crippen LogP contribution in [0.5, 0.6) is 0 Å². The van der Waals surface area contributed by atoms with Gasteiger partial charge in [-0.2, -0.15) is 0 Å². The first-order chi connectivity index (χ1) is 5.61. The molecule has 0 aromatic rings. The van der Waals surface area contributed by atoms with Crippen molar-refractivity contribution in [1.29, 1.82) is 0 Å². The molecule has 4 heteroatoms. The number of nitrogens with two attached hydrogens (primary N) is 1. The SMILES string of the molecule is CCN(CCN)C(=O)NC(C)C. The Labute approximate surface area is 74.1 Å². The van der Waals surface area contributed by atoms with E-state index in [-0.39, 0.29) is 12.1 Å². The normalized spacial score (nSPS) is 10.1. The lowest BCUT2D eigenvalue weighted by Crippen LogP contribution is -2.44. The molecule has 0 saturated heterocycles. The van der Waals surface area contributed by atoms with Crippen molar-refractivity contribution in [2.45, 2.75) is 26.8 Å². The summed E-state index contributed by atoms with van der Waals surface area (Å²) in [4.78, 5) is 13.0. The van der Waals surface area contributed by atoms with Gasteiger partial charge < -0.3 is 16.0 Å². The van der Waals surface area contributed by atoms with Crippen LogP contribution in [0.25, 0.3) is 0 Å². The second-order valence-electron chi connectivity index (χ2n) is 2.97. The number of amides is 2. The highest BCUT2D eigenvalue weighted by atomic mass is 16.2. The van der Waals surface area contributed by atoms with E-state index in [2.05, 4.69) is 5.32 Å². The van der Waals surface area contributed by atoms with Crippen LogP contribution < -0.4 is 11.1 Å². The quantitative estimate of drug-likeness (QED) is 0.646. The molecular formula is C8H19N3O. The summed E-state index contributed by atoms with van der Waals surface area (Å²) in [5.74, 6) is 0. The van der Waals surface area contributed by atoms with E-state index in [1.807, 2.05) is 20.8 Å². The number of likely N-dealkylation sites (N-methyl/N-ethyl adjacent to an activating group) is 1. The Morgan fingerprint density at radius 2 is 2.17 bits per heavy atom. The molecule has 0 unspecified atom stereocenters. The summed E-state index contributed by atoms with van der Waals surface area (Å²) in [5.41, 5.74) is 5.35. The summed E-state index contributed by atoms with van der Waals surface area (Å²) in [6, 6.07) is 0.155. The smallest absolute Gasteiger partial charge is 0.317 e. The first kappa shape index (κ1) is 11.2. The number of hydrogen-bond donors (Lipinski definition) is 2. The molecule has 72 valence electrons. The van der Waals surface area contributed by atoms with Crippen molar-refractivity contribution in [2.75, 3.05) is 19.6 Å². The van der Waals surface area contributed by atoms with E-state index >= 15 is 0 Å². The number of urea groups is 1. The third-order valence-electron chi connectivity index (χ3n) is 1.48. The minimum Gasteiger partial charge on any atom is -0.336 e. The van der Waals surface area contributed by atoms with Crippen LogP contribution in [0.2, 0.25) is 0 Å². The zero-order chi connectivity index (χ0) is 9.56. The molecule has 0 aromatic heterocycles. The molecule has 0 saturated carbocycles. The molecule has 0 bridgehead atoms. The van der Waals surface area contributed by atoms with Crippen molar-refractivity contribution in [3.8, 4) is 0 Å². The molecule has 0 aromatic carbocycles. The average Bonchev–Trinajstić information content (AvgIpc) is 1.98. The van der Waals surface area contributed by atoms with Crippen LogP contribution in [0, 0.1) is 0 Å². The number of carbonyl (C=O) groups is 1. The van der Waals surface area contributed by atoms with Crippen molar-refractivity contribution in [1.82, 2.24) is 10.2 Å². The third kappa shape index (κ3) is 4.18. The zero-order valence-corrected chi connectivity index (χ0v) is 8.13. The molecule has 4 nitrogen and oxygen atoms in total. The molecule has 0 aliphatic heterocycles. The van der Waals surface area contributed by atoms with Gasteiger partial charge >= 0.3 is 6.03 Å². The first-order valence-corrected chi connectivity index (χ1v) is 4.37. The predicted octanol–water partition coefficient (Wildman–Crippen LogP) is 0.385. The molecule has 0 aliphatic rings. The van der Waals surface area contributed by atoms with Crippen LogP contribution in [0.3, 0.4) is 0 Å². The molecule has 2 amide bonds. The summed E-state index contributed by atoms with van der Waals surface area (Å²) >= 11 is 0. The molecule has 0 fully saturated rings. The third-order valence-corrected chi connectivity index (χ3v) is 1.48. The Bertz CT molecular complexity index is 136. The van der Waals surface area contributed by atoms with Crippen molar-refractivity contribution < 1.29 is 4.79 Å². The maximum Gasteiger partial charge on any atom is 0.317 e. The van der Waals surface area contributed by atoms with Gasteiger partial charge in [-0.3, -0.25) is 0 Å². The van der Waals surface area contributed by atoms with Crippen molar-refractivity contribution in [3.05, 3.63) is 0 Å². The maximum atomic E-state index is 11.3. The number of nitrogens with one attached hydrogen (secondary N) is 1. The second kappa shape index (κ2) is 5.83. The van der Waals surface area contributed by atoms with Crippen LogP contribution in [0.15, 0.2) is 0 Å². The van der Waals surface area contributed by atoms with Crippen molar-refractivity contribution in [2.24, 2.45) is 5.73 Å². The summed E-state index contributed by atoms with van der Waals surface area (Å²) in [6.07, 6.45) is 0. The van der Waals surface area contributed by atoms with Gasteiger partial charge in [0.1, 0.15) is 0 Å². The summed E-state index contributed by atoms with van der Waals surface area (Å²) < 4.78 is 0. The largest absolute Gasteiger partial charge is 0.336 e. The van der Waals surface area contributed by atoms with Gasteiger partial charge in [0.25, 0.3) is 0 Å². The van der Waals surface area contributed by atoms with E-state index in [0.29, 0.717) is 19.6 Å². The van der Waals surface area contributed by atoms with Crippen molar-refractivity contribution >= 4 is 6.03 Å². The van der Waals surface area contributed by atoms with Gasteiger partial charge in [0.15, 0.2) is 0 Å². The fourth-order valence-electron chi connectivity index (χ4n) is 0.897. The van der Waals surface area contributed by atoms with E-state index in [1.54, 1.807) is 4.90 Å². The van der Waals surface area contributed by atoms with E-state index in [1.165, 1.54) is 0 Å². The molecule has 0 aliphatic carbocycles. The Hall–Kier alpha value is -0.770. The Balaban J connectivity index is 3.85. The summed E-state index contributed by atoms with van der Waals surface area (Å²) in [6.45, 7) is 7.65. The molecule has 0 rings (SSSR count). The fraction of sp³-hybridized carbons (Fsp3) is 0.875. The lowest BCUT2D eigenvalue weighted by Gasteiger charge is -2.21. The van der Waals surface area contributed by atoms with Crippen molar-refractivity contribution in [3.63, 3.8) is 0 Å². The van der Waals surface area contributed by atoms with Crippen LogP contribution >= 0.6 is 0 Å². The Kier molecular flexibility index (Phi) is 5.45. The molecule has 3 N–H and O–H groups in total. The molecule has 0 spiro atoms. The zero-order valence-electron chi connectivity index (χ0n) is 8.13. The highest BCUT2D eigenvalue weighted by Crippen LogP contribution is 1.89. The number of hydrogen-bond acceptors (Lipinski definition) is 2. The number of rotatable bonds is 4. The maximum absolute atomic E-state index is 11.3. The van der Waals surface area contributed by atoms with Crippen LogP contribution in [-0.4, -0.2) is 36.6 Å². The van der Waals surface area contributed by atoms with Gasteiger partial charge in [0.2, 0.25) is 0 Å². The minimum absolute atomic E-state index is 0.0297. The molecule has 0 atom stereocenters. The lowest BCUT2D eigenvalue weighted by molar-refractivity contribution is 0.199. The van der Waals surface area contributed by atoms with Gasteiger partial charge in [-0.05, 0) is 20.8 Å². The first-order valence-electron chi connectivity index (χ1n) is 4.37. The standard InChI is InChI=1S/C8H19N3O/c1-4-11(6-5-9)8(12)10-7(2)3/h7H,4-6,9H2,1-3H3,(H,10,12). The average molecular weight is 173 g/mol. The van der Waals surface area contributed by atoms with Crippen LogP contribution in [0.4, 0.5) is 4.79 Å². The number of nitrogens with zero attached hydrogens (tertiary/aromatic N) is 1. The molecular weight excluding hydrogens is 154 g/mol. The highest BCUT2D eigenvalue weighted by Gasteiger charge is 2.10. The van der Waals surface area contributed by atoms with Gasteiger partial charge in [0, 0.05) is 25.7 Å². The monoisotopic (exact) mass is 173 g/mol. The minimum atomic E-state index is -0.0297. The van der Waals surface area contributed by atoms with Gasteiger partial charge in [-0.1, -0.05) is 0 Å². The summed E-state index contributed by atoms with van der Waals surface area (Å²) in [7, 11) is 0. The van der Waals surface area contributed by atoms with E-state index in [9.17, 15) is 4.79 Å². The van der Waals surface area contributed by atoms with Crippen LogP contribution in [0.1, 0.15) is 20.8 Å². The van der Waals surface area contributed by atoms with Gasteiger partial charge in [0.05, 0.1) is 0 Å². The number of carbonyl (C=O) groups excluding carboxylic acids is 1.